The van der Waals surface area contributed by atoms with Gasteiger partial charge in [-0.3, -0.25) is 14.9 Å². The summed E-state index contributed by atoms with van der Waals surface area (Å²) in [5.41, 5.74) is 5.53. The number of amides is 1. The van der Waals surface area contributed by atoms with Crippen LogP contribution in [0.25, 0.3) is 22.3 Å². The molecule has 5 aromatic rings. The molecule has 0 aliphatic rings. The molecule has 2 N–H and O–H groups in total. The van der Waals surface area contributed by atoms with Gasteiger partial charge in [-0.25, -0.2) is 0 Å². The van der Waals surface area contributed by atoms with Crippen molar-refractivity contribution in [1.29, 1.82) is 0 Å². The Morgan fingerprint density at radius 1 is 0.939 bits per heavy atom. The van der Waals surface area contributed by atoms with Crippen LogP contribution < -0.4 is 10.1 Å². The van der Waals surface area contributed by atoms with Crippen molar-refractivity contribution >= 4 is 22.6 Å². The fourth-order valence-corrected chi connectivity index (χ4v) is 3.50. The van der Waals surface area contributed by atoms with E-state index >= 15 is 0 Å². The second-order valence-corrected chi connectivity index (χ2v) is 7.54. The lowest BCUT2D eigenvalue weighted by Gasteiger charge is -2.09. The van der Waals surface area contributed by atoms with Crippen LogP contribution in [0.4, 0.5) is 5.69 Å². The van der Waals surface area contributed by atoms with Crippen molar-refractivity contribution in [2.75, 3.05) is 11.9 Å². The van der Waals surface area contributed by atoms with Gasteiger partial charge in [0, 0.05) is 23.2 Å². The topological polar surface area (TPSA) is 92.8 Å². The third-order valence-electron chi connectivity index (χ3n) is 5.25. The number of nitrogens with one attached hydrogen (secondary N) is 2. The van der Waals surface area contributed by atoms with Crippen molar-refractivity contribution in [3.05, 3.63) is 102 Å². The molecule has 0 aliphatic carbocycles. The minimum Gasteiger partial charge on any atom is -0.493 e. The van der Waals surface area contributed by atoms with E-state index in [2.05, 4.69) is 37.8 Å². The summed E-state index contributed by atoms with van der Waals surface area (Å²) in [7, 11) is 0. The standard InChI is InChI=1S/C26H21N5O2/c32-26(20-8-4-7-19(15-20)23-16-24-25(17-27-23)30-31-29-24)28-21-9-11-22(12-10-21)33-14-13-18-5-2-1-3-6-18/h1-12,15-17H,13-14H2,(H,28,32)(H,29,30,31). The molecule has 2 aromatic heterocycles. The van der Waals surface area contributed by atoms with Gasteiger partial charge in [0.1, 0.15) is 11.3 Å². The molecule has 0 fully saturated rings. The number of nitrogens with zero attached hydrogens (tertiary/aromatic N) is 3. The van der Waals surface area contributed by atoms with E-state index in [9.17, 15) is 4.79 Å². The summed E-state index contributed by atoms with van der Waals surface area (Å²) in [5.74, 6) is 0.569. The molecule has 1 amide bonds. The molecule has 0 unspecified atom stereocenters. The van der Waals surface area contributed by atoms with E-state index in [0.717, 1.165) is 28.9 Å². The fraction of sp³-hybridized carbons (Fsp3) is 0.0769. The molecule has 0 atom stereocenters. The summed E-state index contributed by atoms with van der Waals surface area (Å²) in [6.45, 7) is 0.594. The van der Waals surface area contributed by atoms with Gasteiger partial charge in [0.25, 0.3) is 5.91 Å². The number of fused-ring (bicyclic) bond motifs is 1. The van der Waals surface area contributed by atoms with E-state index in [1.807, 2.05) is 66.7 Å². The Balaban J connectivity index is 1.21. The quantitative estimate of drug-likeness (QED) is 0.380. The number of pyridine rings is 1. The second-order valence-electron chi connectivity index (χ2n) is 7.54. The highest BCUT2D eigenvalue weighted by atomic mass is 16.5. The predicted octanol–water partition coefficient (Wildman–Crippen LogP) is 4.89. The molecule has 3 aromatic carbocycles. The molecule has 5 rings (SSSR count). The van der Waals surface area contributed by atoms with Crippen molar-refractivity contribution in [2.45, 2.75) is 6.42 Å². The number of rotatable bonds is 7. The fourth-order valence-electron chi connectivity index (χ4n) is 3.50. The molecule has 0 saturated heterocycles. The Hall–Kier alpha value is -4.52. The Morgan fingerprint density at radius 2 is 1.79 bits per heavy atom. The summed E-state index contributed by atoms with van der Waals surface area (Å²) in [6.07, 6.45) is 2.50. The van der Waals surface area contributed by atoms with E-state index in [4.69, 9.17) is 4.74 Å². The average Bonchev–Trinajstić information content (AvgIpc) is 3.34. The average molecular weight is 435 g/mol. The van der Waals surface area contributed by atoms with Crippen molar-refractivity contribution in [1.82, 2.24) is 20.4 Å². The summed E-state index contributed by atoms with van der Waals surface area (Å²) >= 11 is 0. The van der Waals surface area contributed by atoms with Crippen LogP contribution in [0.1, 0.15) is 15.9 Å². The van der Waals surface area contributed by atoms with E-state index in [1.165, 1.54) is 5.56 Å². The SMILES string of the molecule is O=C(Nc1ccc(OCCc2ccccc2)cc1)c1cccc(-c2cc3[nH]nnc3cn2)c1. The molecular formula is C26H21N5O2. The van der Waals surface area contributed by atoms with Crippen molar-refractivity contribution in [2.24, 2.45) is 0 Å². The van der Waals surface area contributed by atoms with Crippen LogP contribution in [0.3, 0.4) is 0 Å². The first-order valence-corrected chi connectivity index (χ1v) is 10.6. The van der Waals surface area contributed by atoms with Gasteiger partial charge < -0.3 is 10.1 Å². The minimum absolute atomic E-state index is 0.195. The number of aromatic amines is 1. The van der Waals surface area contributed by atoms with Gasteiger partial charge in [0.15, 0.2) is 0 Å². The zero-order valence-electron chi connectivity index (χ0n) is 17.7. The van der Waals surface area contributed by atoms with Crippen molar-refractivity contribution in [3.63, 3.8) is 0 Å². The van der Waals surface area contributed by atoms with Crippen molar-refractivity contribution in [3.8, 4) is 17.0 Å². The molecule has 0 radical (unpaired) electrons. The number of benzene rings is 3. The van der Waals surface area contributed by atoms with Crippen molar-refractivity contribution < 1.29 is 9.53 Å². The lowest BCUT2D eigenvalue weighted by Crippen LogP contribution is -2.12. The lowest BCUT2D eigenvalue weighted by molar-refractivity contribution is 0.102. The molecule has 2 heterocycles. The van der Waals surface area contributed by atoms with Gasteiger partial charge in [0.05, 0.1) is 24.0 Å². The van der Waals surface area contributed by atoms with Crippen LogP contribution >= 0.6 is 0 Å². The van der Waals surface area contributed by atoms with Gasteiger partial charge in [-0.2, -0.15) is 0 Å². The number of aromatic nitrogens is 4. The Kier molecular flexibility index (Phi) is 5.75. The Bertz CT molecular complexity index is 1380. The summed E-state index contributed by atoms with van der Waals surface area (Å²) in [4.78, 5) is 17.2. The molecule has 33 heavy (non-hydrogen) atoms. The maximum Gasteiger partial charge on any atom is 0.255 e. The highest BCUT2D eigenvalue weighted by Gasteiger charge is 2.10. The summed E-state index contributed by atoms with van der Waals surface area (Å²) < 4.78 is 5.81. The molecule has 7 nitrogen and oxygen atoms in total. The van der Waals surface area contributed by atoms with Gasteiger partial charge in [-0.05, 0) is 48.0 Å². The predicted molar refractivity (Wildman–Crippen MR) is 127 cm³/mol. The first-order valence-electron chi connectivity index (χ1n) is 10.6. The van der Waals surface area contributed by atoms with Gasteiger partial charge in [-0.1, -0.05) is 47.7 Å². The van der Waals surface area contributed by atoms with Crippen LogP contribution in [0.5, 0.6) is 5.75 Å². The van der Waals surface area contributed by atoms with Gasteiger partial charge in [0.2, 0.25) is 0 Å². The van der Waals surface area contributed by atoms with Crippen LogP contribution in [0.2, 0.25) is 0 Å². The van der Waals surface area contributed by atoms with Gasteiger partial charge in [-0.15, -0.1) is 5.10 Å². The Labute approximate surface area is 190 Å². The molecule has 7 heteroatoms. The largest absolute Gasteiger partial charge is 0.493 e. The third-order valence-corrected chi connectivity index (χ3v) is 5.25. The number of carbonyl (C=O) groups is 1. The van der Waals surface area contributed by atoms with Crippen LogP contribution in [0.15, 0.2) is 91.1 Å². The number of hydrogen-bond acceptors (Lipinski definition) is 5. The second kappa shape index (κ2) is 9.32. The first kappa shape index (κ1) is 20.4. The molecular weight excluding hydrogens is 414 g/mol. The summed E-state index contributed by atoms with van der Waals surface area (Å²) in [5, 5.41) is 13.5. The number of H-pyrrole nitrogens is 1. The molecule has 0 spiro atoms. The van der Waals surface area contributed by atoms with E-state index in [-0.39, 0.29) is 5.91 Å². The van der Waals surface area contributed by atoms with E-state index in [0.29, 0.717) is 23.4 Å². The summed E-state index contributed by atoms with van der Waals surface area (Å²) in [6, 6.07) is 26.8. The maximum absolute atomic E-state index is 12.8. The molecule has 0 saturated carbocycles. The van der Waals surface area contributed by atoms with Crippen LogP contribution in [0, 0.1) is 0 Å². The van der Waals surface area contributed by atoms with Crippen LogP contribution in [-0.2, 0) is 6.42 Å². The maximum atomic E-state index is 12.8. The smallest absolute Gasteiger partial charge is 0.255 e. The molecule has 0 aliphatic heterocycles. The number of ether oxygens (including phenoxy) is 1. The molecule has 0 bridgehead atoms. The number of anilines is 1. The Morgan fingerprint density at radius 3 is 2.64 bits per heavy atom. The monoisotopic (exact) mass is 435 g/mol. The first-order chi connectivity index (χ1) is 16.2. The zero-order valence-corrected chi connectivity index (χ0v) is 17.7. The molecule has 162 valence electrons. The van der Waals surface area contributed by atoms with E-state index in [1.54, 1.807) is 12.3 Å². The van der Waals surface area contributed by atoms with Gasteiger partial charge >= 0.3 is 0 Å². The minimum atomic E-state index is -0.195. The highest BCUT2D eigenvalue weighted by molar-refractivity contribution is 6.05. The zero-order chi connectivity index (χ0) is 22.5. The number of carbonyl (C=O) groups excluding carboxylic acids is 1. The van der Waals surface area contributed by atoms with E-state index < -0.39 is 0 Å². The normalized spacial score (nSPS) is 10.8. The van der Waals surface area contributed by atoms with Crippen LogP contribution in [-0.4, -0.2) is 32.9 Å². The third kappa shape index (κ3) is 4.88. The lowest BCUT2D eigenvalue weighted by atomic mass is 10.1. The number of hydrogen-bond donors (Lipinski definition) is 2. The highest BCUT2D eigenvalue weighted by Crippen LogP contribution is 2.22.